The van der Waals surface area contributed by atoms with Gasteiger partial charge < -0.3 is 9.64 Å². The summed E-state index contributed by atoms with van der Waals surface area (Å²) in [7, 11) is 0. The number of hydrogen-bond donors (Lipinski definition) is 1. The molecule has 0 saturated carbocycles. The van der Waals surface area contributed by atoms with Gasteiger partial charge in [0.25, 0.3) is 0 Å². The Morgan fingerprint density at radius 2 is 2.00 bits per heavy atom. The van der Waals surface area contributed by atoms with Crippen LogP contribution < -0.4 is 4.90 Å². The zero-order valence-corrected chi connectivity index (χ0v) is 14.5. The molecule has 23 heavy (non-hydrogen) atoms. The van der Waals surface area contributed by atoms with E-state index in [9.17, 15) is 0 Å². The molecule has 0 aliphatic carbocycles. The number of aryl methyl sites for hydroxylation is 2. The SMILES string of the molecule is CCc1cccc(C)c1-n1nnnc1C(C)(C)[NH+]1CCOCC1. The average Bonchev–Trinajstić information content (AvgIpc) is 3.05. The summed E-state index contributed by atoms with van der Waals surface area (Å²) in [6, 6.07) is 6.37. The van der Waals surface area contributed by atoms with Crippen LogP contribution in [-0.2, 0) is 16.7 Å². The van der Waals surface area contributed by atoms with Gasteiger partial charge in [-0.25, -0.2) is 0 Å². The number of morpholine rings is 1. The first-order chi connectivity index (χ1) is 11.1. The number of nitrogens with zero attached hydrogens (tertiary/aromatic N) is 4. The number of ether oxygens (including phenoxy) is 1. The highest BCUT2D eigenvalue weighted by molar-refractivity contribution is 5.47. The van der Waals surface area contributed by atoms with Gasteiger partial charge >= 0.3 is 0 Å². The molecule has 1 aliphatic heterocycles. The lowest BCUT2D eigenvalue weighted by molar-refractivity contribution is -0.964. The fourth-order valence-corrected chi connectivity index (χ4v) is 3.44. The first kappa shape index (κ1) is 16.1. The van der Waals surface area contributed by atoms with E-state index < -0.39 is 0 Å². The van der Waals surface area contributed by atoms with Gasteiger partial charge in [0.2, 0.25) is 5.82 Å². The van der Waals surface area contributed by atoms with Crippen molar-refractivity contribution in [3.05, 3.63) is 35.2 Å². The van der Waals surface area contributed by atoms with E-state index in [0.717, 1.165) is 44.2 Å². The molecule has 0 atom stereocenters. The lowest BCUT2D eigenvalue weighted by atomic mass is 9.99. The third-order valence-corrected chi connectivity index (χ3v) is 4.92. The van der Waals surface area contributed by atoms with Crippen molar-refractivity contribution in [2.75, 3.05) is 26.3 Å². The fraction of sp³-hybridized carbons (Fsp3) is 0.588. The molecule has 0 radical (unpaired) electrons. The summed E-state index contributed by atoms with van der Waals surface area (Å²) in [5.74, 6) is 0.915. The molecule has 1 aromatic carbocycles. The number of rotatable bonds is 4. The summed E-state index contributed by atoms with van der Waals surface area (Å²) in [5.41, 5.74) is 3.42. The van der Waals surface area contributed by atoms with Crippen LogP contribution in [0.5, 0.6) is 0 Å². The fourth-order valence-electron chi connectivity index (χ4n) is 3.44. The Hall–Kier alpha value is -1.79. The van der Waals surface area contributed by atoms with Crippen molar-refractivity contribution in [3.63, 3.8) is 0 Å². The van der Waals surface area contributed by atoms with Gasteiger partial charge in [-0.2, -0.15) is 4.68 Å². The van der Waals surface area contributed by atoms with Crippen LogP contribution in [0.4, 0.5) is 0 Å². The Morgan fingerprint density at radius 3 is 2.70 bits per heavy atom. The third-order valence-electron chi connectivity index (χ3n) is 4.92. The maximum absolute atomic E-state index is 5.50. The summed E-state index contributed by atoms with van der Waals surface area (Å²) in [6.45, 7) is 12.3. The molecular weight excluding hydrogens is 290 g/mol. The minimum Gasteiger partial charge on any atom is -0.370 e. The molecule has 0 bridgehead atoms. The Kier molecular flexibility index (Phi) is 4.46. The van der Waals surface area contributed by atoms with Crippen LogP contribution in [0.3, 0.4) is 0 Å². The van der Waals surface area contributed by atoms with Crippen LogP contribution >= 0.6 is 0 Å². The summed E-state index contributed by atoms with van der Waals surface area (Å²) in [4.78, 5) is 1.46. The topological polar surface area (TPSA) is 57.3 Å². The molecule has 6 heteroatoms. The van der Waals surface area contributed by atoms with Gasteiger partial charge in [0.05, 0.1) is 18.9 Å². The van der Waals surface area contributed by atoms with Crippen molar-refractivity contribution >= 4 is 0 Å². The van der Waals surface area contributed by atoms with Gasteiger partial charge in [-0.05, 0) is 48.7 Å². The van der Waals surface area contributed by atoms with Gasteiger partial charge in [-0.3, -0.25) is 0 Å². The van der Waals surface area contributed by atoms with E-state index in [0.29, 0.717) is 0 Å². The second-order valence-corrected chi connectivity index (χ2v) is 6.69. The second-order valence-electron chi connectivity index (χ2n) is 6.69. The third kappa shape index (κ3) is 2.88. The molecule has 3 rings (SSSR count). The molecule has 1 fully saturated rings. The molecule has 1 saturated heterocycles. The molecule has 0 unspecified atom stereocenters. The number of tetrazole rings is 1. The number of quaternary nitrogens is 1. The summed E-state index contributed by atoms with van der Waals surface area (Å²) in [6.07, 6.45) is 0.959. The molecule has 2 aromatic rings. The van der Waals surface area contributed by atoms with Crippen LogP contribution in [0.25, 0.3) is 5.69 Å². The lowest BCUT2D eigenvalue weighted by Crippen LogP contribution is -3.19. The number of aromatic nitrogens is 4. The number of para-hydroxylation sites is 1. The smallest absolute Gasteiger partial charge is 0.216 e. The van der Waals surface area contributed by atoms with Crippen LogP contribution in [0.1, 0.15) is 37.7 Å². The van der Waals surface area contributed by atoms with E-state index in [4.69, 9.17) is 4.74 Å². The van der Waals surface area contributed by atoms with E-state index in [-0.39, 0.29) is 5.54 Å². The minimum atomic E-state index is -0.166. The number of nitrogens with one attached hydrogen (secondary N) is 1. The van der Waals surface area contributed by atoms with Gasteiger partial charge in [0, 0.05) is 0 Å². The maximum atomic E-state index is 5.50. The van der Waals surface area contributed by atoms with Crippen LogP contribution in [-0.4, -0.2) is 46.5 Å². The normalized spacial score (nSPS) is 16.7. The monoisotopic (exact) mass is 316 g/mol. The van der Waals surface area contributed by atoms with Gasteiger partial charge in [0.1, 0.15) is 13.1 Å². The van der Waals surface area contributed by atoms with Crippen LogP contribution in [0.15, 0.2) is 18.2 Å². The molecule has 1 aliphatic rings. The van der Waals surface area contributed by atoms with E-state index in [1.165, 1.54) is 16.0 Å². The highest BCUT2D eigenvalue weighted by atomic mass is 16.5. The van der Waals surface area contributed by atoms with E-state index in [1.807, 2.05) is 4.68 Å². The number of hydrogen-bond acceptors (Lipinski definition) is 4. The van der Waals surface area contributed by atoms with Gasteiger partial charge in [0.15, 0.2) is 5.54 Å². The molecule has 2 heterocycles. The summed E-state index contributed by atoms with van der Waals surface area (Å²) in [5, 5.41) is 12.7. The predicted octanol–water partition coefficient (Wildman–Crippen LogP) is 0.683. The molecule has 1 aromatic heterocycles. The molecular formula is C17H26N5O+. The molecule has 0 amide bonds. The van der Waals surface area contributed by atoms with Crippen molar-refractivity contribution in [2.45, 2.75) is 39.7 Å². The minimum absolute atomic E-state index is 0.166. The molecule has 1 N–H and O–H groups in total. The van der Waals surface area contributed by atoms with Crippen LogP contribution in [0.2, 0.25) is 0 Å². The van der Waals surface area contributed by atoms with Gasteiger partial charge in [-0.1, -0.05) is 25.1 Å². The summed E-state index contributed by atoms with van der Waals surface area (Å²) < 4.78 is 7.44. The Labute approximate surface area is 137 Å². The van der Waals surface area contributed by atoms with E-state index >= 15 is 0 Å². The van der Waals surface area contributed by atoms with E-state index in [2.05, 4.69) is 61.4 Å². The first-order valence-electron chi connectivity index (χ1n) is 8.36. The highest BCUT2D eigenvalue weighted by Crippen LogP contribution is 2.23. The Morgan fingerprint density at radius 1 is 1.26 bits per heavy atom. The van der Waals surface area contributed by atoms with Crippen molar-refractivity contribution in [1.82, 2.24) is 20.2 Å². The Bertz CT molecular complexity index is 673. The molecule has 124 valence electrons. The Balaban J connectivity index is 2.06. The number of benzene rings is 1. The lowest BCUT2D eigenvalue weighted by Gasteiger charge is -2.36. The van der Waals surface area contributed by atoms with Crippen LogP contribution in [0, 0.1) is 6.92 Å². The zero-order valence-electron chi connectivity index (χ0n) is 14.5. The largest absolute Gasteiger partial charge is 0.370 e. The molecule has 6 nitrogen and oxygen atoms in total. The zero-order chi connectivity index (χ0) is 16.4. The van der Waals surface area contributed by atoms with Gasteiger partial charge in [-0.15, -0.1) is 5.10 Å². The first-order valence-corrected chi connectivity index (χ1v) is 8.36. The van der Waals surface area contributed by atoms with Crippen molar-refractivity contribution in [1.29, 1.82) is 0 Å². The quantitative estimate of drug-likeness (QED) is 0.901. The van der Waals surface area contributed by atoms with Crippen molar-refractivity contribution in [2.24, 2.45) is 0 Å². The second kappa shape index (κ2) is 6.37. The predicted molar refractivity (Wildman–Crippen MR) is 87.8 cm³/mol. The summed E-state index contributed by atoms with van der Waals surface area (Å²) >= 11 is 0. The average molecular weight is 316 g/mol. The maximum Gasteiger partial charge on any atom is 0.216 e. The molecule has 0 spiro atoms. The van der Waals surface area contributed by atoms with E-state index in [1.54, 1.807) is 0 Å². The standard InChI is InChI=1S/C17H25N5O/c1-5-14-8-6-7-13(2)15(14)22-16(18-19-20-22)17(3,4)21-9-11-23-12-10-21/h6-8H,5,9-12H2,1-4H3/p+1. The highest BCUT2D eigenvalue weighted by Gasteiger charge is 2.39. The van der Waals surface area contributed by atoms with Crippen molar-refractivity contribution < 1.29 is 9.64 Å². The van der Waals surface area contributed by atoms with Crippen molar-refractivity contribution in [3.8, 4) is 5.69 Å².